The summed E-state index contributed by atoms with van der Waals surface area (Å²) in [7, 11) is 1.91. The van der Waals surface area contributed by atoms with E-state index in [2.05, 4.69) is 43.4 Å². The smallest absolute Gasteiger partial charge is 0.253 e. The van der Waals surface area contributed by atoms with Crippen LogP contribution in [0, 0.1) is 13.8 Å². The van der Waals surface area contributed by atoms with Crippen LogP contribution in [0.3, 0.4) is 0 Å². The molecule has 0 aliphatic carbocycles. The fraction of sp³-hybridized carbons (Fsp3) is 0.381. The lowest BCUT2D eigenvalue weighted by atomic mass is 10.1. The van der Waals surface area contributed by atoms with Crippen LogP contribution >= 0.6 is 11.8 Å². The Morgan fingerprint density at radius 1 is 1.24 bits per heavy atom. The number of likely N-dealkylation sites (N-methyl/N-ethyl adjacent to an activating group) is 1. The maximum Gasteiger partial charge on any atom is 0.253 e. The van der Waals surface area contributed by atoms with E-state index >= 15 is 0 Å². The van der Waals surface area contributed by atoms with Gasteiger partial charge in [0, 0.05) is 35.8 Å². The molecule has 1 unspecified atom stereocenters. The molecule has 0 saturated carbocycles. The molecule has 3 rings (SSSR count). The zero-order chi connectivity index (χ0) is 17.8. The first kappa shape index (κ1) is 18.0. The number of carbonyl (C=O) groups is 1. The summed E-state index contributed by atoms with van der Waals surface area (Å²) in [5.41, 5.74) is 4.56. The van der Waals surface area contributed by atoms with Crippen molar-refractivity contribution in [1.82, 2.24) is 10.2 Å². The van der Waals surface area contributed by atoms with Crippen LogP contribution in [0.5, 0.6) is 0 Å². The Labute approximate surface area is 154 Å². The SMILES string of the molecule is Cc1ccc(C)c(SCc2cccc(C(=O)N(C)C3CCNC3)c2)c1. The Hall–Kier alpha value is -1.78. The predicted molar refractivity (Wildman–Crippen MR) is 105 cm³/mol. The van der Waals surface area contributed by atoms with E-state index in [4.69, 9.17) is 0 Å². The number of benzene rings is 2. The Morgan fingerprint density at radius 2 is 2.08 bits per heavy atom. The second kappa shape index (κ2) is 8.07. The number of thioether (sulfide) groups is 1. The molecular formula is C21H26N2OS. The summed E-state index contributed by atoms with van der Waals surface area (Å²) in [6.07, 6.45) is 1.03. The zero-order valence-corrected chi connectivity index (χ0v) is 16.0. The Kier molecular flexibility index (Phi) is 5.82. The van der Waals surface area contributed by atoms with E-state index < -0.39 is 0 Å². The third-order valence-corrected chi connectivity index (χ3v) is 6.04. The van der Waals surface area contributed by atoms with Gasteiger partial charge in [-0.05, 0) is 56.1 Å². The van der Waals surface area contributed by atoms with E-state index in [0.29, 0.717) is 6.04 Å². The van der Waals surface area contributed by atoms with Gasteiger partial charge in [0.2, 0.25) is 0 Å². The lowest BCUT2D eigenvalue weighted by Crippen LogP contribution is -2.38. The molecule has 1 fully saturated rings. The topological polar surface area (TPSA) is 32.3 Å². The lowest BCUT2D eigenvalue weighted by molar-refractivity contribution is 0.0743. The summed E-state index contributed by atoms with van der Waals surface area (Å²) in [5.74, 6) is 0.993. The van der Waals surface area contributed by atoms with E-state index in [9.17, 15) is 4.79 Å². The van der Waals surface area contributed by atoms with E-state index in [0.717, 1.165) is 30.8 Å². The first-order chi connectivity index (χ1) is 12.0. The molecule has 1 N–H and O–H groups in total. The minimum Gasteiger partial charge on any atom is -0.337 e. The summed E-state index contributed by atoms with van der Waals surface area (Å²) < 4.78 is 0. The molecule has 1 atom stereocenters. The predicted octanol–water partition coefficient (Wildman–Crippen LogP) is 4.03. The third-order valence-electron chi connectivity index (χ3n) is 4.81. The standard InChI is InChI=1S/C21H26N2OS/c1-15-7-8-16(2)20(11-15)25-14-17-5-4-6-18(12-17)21(24)23(3)19-9-10-22-13-19/h4-8,11-12,19,22H,9-10,13-14H2,1-3H3. The van der Waals surface area contributed by atoms with Crippen LogP contribution in [0.25, 0.3) is 0 Å². The van der Waals surface area contributed by atoms with Gasteiger partial charge in [0.15, 0.2) is 0 Å². The van der Waals surface area contributed by atoms with Crippen LogP contribution in [0.4, 0.5) is 0 Å². The van der Waals surface area contributed by atoms with Gasteiger partial charge in [-0.2, -0.15) is 0 Å². The highest BCUT2D eigenvalue weighted by atomic mass is 32.2. The zero-order valence-electron chi connectivity index (χ0n) is 15.2. The summed E-state index contributed by atoms with van der Waals surface area (Å²) in [5, 5.41) is 3.32. The van der Waals surface area contributed by atoms with Crippen LogP contribution in [-0.2, 0) is 5.75 Å². The molecule has 2 aromatic rings. The van der Waals surface area contributed by atoms with E-state index in [1.807, 2.05) is 41.9 Å². The van der Waals surface area contributed by atoms with Crippen molar-refractivity contribution in [2.75, 3.05) is 20.1 Å². The van der Waals surface area contributed by atoms with Crippen LogP contribution in [0.15, 0.2) is 47.4 Å². The summed E-state index contributed by atoms with van der Waals surface area (Å²) >= 11 is 1.83. The van der Waals surface area contributed by atoms with Crippen molar-refractivity contribution >= 4 is 17.7 Å². The van der Waals surface area contributed by atoms with Gasteiger partial charge in [0.1, 0.15) is 0 Å². The van der Waals surface area contributed by atoms with Crippen molar-refractivity contribution in [1.29, 1.82) is 0 Å². The normalized spacial score (nSPS) is 16.8. The van der Waals surface area contributed by atoms with Gasteiger partial charge in [-0.15, -0.1) is 11.8 Å². The average molecular weight is 355 g/mol. The largest absolute Gasteiger partial charge is 0.337 e. The quantitative estimate of drug-likeness (QED) is 0.823. The molecule has 0 bridgehead atoms. The molecule has 1 heterocycles. The molecule has 1 aliphatic heterocycles. The van der Waals surface area contributed by atoms with E-state index in [1.54, 1.807) is 0 Å². The molecule has 1 aliphatic rings. The van der Waals surface area contributed by atoms with Crippen molar-refractivity contribution in [3.05, 3.63) is 64.7 Å². The minimum atomic E-state index is 0.118. The van der Waals surface area contributed by atoms with E-state index in [1.165, 1.54) is 21.6 Å². The second-order valence-electron chi connectivity index (χ2n) is 6.82. The van der Waals surface area contributed by atoms with Gasteiger partial charge in [0.05, 0.1) is 0 Å². The highest BCUT2D eigenvalue weighted by Gasteiger charge is 2.24. The number of nitrogens with one attached hydrogen (secondary N) is 1. The molecule has 25 heavy (non-hydrogen) atoms. The maximum absolute atomic E-state index is 12.7. The van der Waals surface area contributed by atoms with Crippen LogP contribution in [-0.4, -0.2) is 37.0 Å². The Bertz CT molecular complexity index is 753. The van der Waals surface area contributed by atoms with Crippen molar-refractivity contribution in [2.45, 2.75) is 37.0 Å². The van der Waals surface area contributed by atoms with Crippen molar-refractivity contribution < 1.29 is 4.79 Å². The number of amides is 1. The highest BCUT2D eigenvalue weighted by Crippen LogP contribution is 2.27. The first-order valence-corrected chi connectivity index (χ1v) is 9.80. The molecule has 1 amide bonds. The molecule has 3 nitrogen and oxygen atoms in total. The van der Waals surface area contributed by atoms with Gasteiger partial charge in [-0.1, -0.05) is 29.8 Å². The third kappa shape index (κ3) is 4.44. The summed E-state index contributed by atoms with van der Waals surface area (Å²) in [6.45, 7) is 6.15. The van der Waals surface area contributed by atoms with Gasteiger partial charge >= 0.3 is 0 Å². The number of hydrogen-bond donors (Lipinski definition) is 1. The number of rotatable bonds is 5. The molecule has 4 heteroatoms. The Balaban J connectivity index is 1.68. The van der Waals surface area contributed by atoms with Crippen molar-refractivity contribution in [2.24, 2.45) is 0 Å². The maximum atomic E-state index is 12.7. The molecule has 2 aromatic carbocycles. The van der Waals surface area contributed by atoms with Crippen LogP contribution in [0.2, 0.25) is 0 Å². The number of hydrogen-bond acceptors (Lipinski definition) is 3. The molecule has 1 saturated heterocycles. The molecular weight excluding hydrogens is 328 g/mol. The number of nitrogens with zero attached hydrogens (tertiary/aromatic N) is 1. The molecule has 0 spiro atoms. The fourth-order valence-corrected chi connectivity index (χ4v) is 4.22. The van der Waals surface area contributed by atoms with Gasteiger partial charge < -0.3 is 10.2 Å². The van der Waals surface area contributed by atoms with Crippen LogP contribution < -0.4 is 5.32 Å². The first-order valence-electron chi connectivity index (χ1n) is 8.81. The summed E-state index contributed by atoms with van der Waals surface area (Å²) in [6, 6.07) is 14.9. The van der Waals surface area contributed by atoms with Gasteiger partial charge in [-0.25, -0.2) is 0 Å². The highest BCUT2D eigenvalue weighted by molar-refractivity contribution is 7.98. The monoisotopic (exact) mass is 354 g/mol. The van der Waals surface area contributed by atoms with Crippen molar-refractivity contribution in [3.8, 4) is 0 Å². The van der Waals surface area contributed by atoms with Gasteiger partial charge in [0.25, 0.3) is 5.91 Å². The Morgan fingerprint density at radius 3 is 2.84 bits per heavy atom. The number of aryl methyl sites for hydroxylation is 2. The second-order valence-corrected chi connectivity index (χ2v) is 7.84. The van der Waals surface area contributed by atoms with Gasteiger partial charge in [-0.3, -0.25) is 4.79 Å². The minimum absolute atomic E-state index is 0.118. The average Bonchev–Trinajstić information content (AvgIpc) is 3.16. The van der Waals surface area contributed by atoms with E-state index in [-0.39, 0.29) is 5.91 Å². The van der Waals surface area contributed by atoms with Crippen LogP contribution in [0.1, 0.15) is 33.5 Å². The molecule has 0 radical (unpaired) electrons. The lowest BCUT2D eigenvalue weighted by Gasteiger charge is -2.24. The molecule has 132 valence electrons. The molecule has 0 aromatic heterocycles. The fourth-order valence-electron chi connectivity index (χ4n) is 3.16. The summed E-state index contributed by atoms with van der Waals surface area (Å²) in [4.78, 5) is 15.9. The van der Waals surface area contributed by atoms with Crippen molar-refractivity contribution in [3.63, 3.8) is 0 Å². The number of carbonyl (C=O) groups excluding carboxylic acids is 1.